The van der Waals surface area contributed by atoms with E-state index >= 15 is 0 Å². The van der Waals surface area contributed by atoms with Gasteiger partial charge in [0.25, 0.3) is 0 Å². The minimum absolute atomic E-state index is 0.0172. The molecule has 3 atom stereocenters. The molecule has 2 aromatic carbocycles. The number of benzene rings is 2. The summed E-state index contributed by atoms with van der Waals surface area (Å²) in [7, 11) is 0. The van der Waals surface area contributed by atoms with Gasteiger partial charge in [0.1, 0.15) is 12.3 Å². The Morgan fingerprint density at radius 1 is 0.814 bits per heavy atom. The Kier molecular flexibility index (Phi) is 9.66. The number of nitrogens with zero attached hydrogens (tertiary/aromatic N) is 2. The van der Waals surface area contributed by atoms with Gasteiger partial charge < -0.3 is 18.9 Å². The van der Waals surface area contributed by atoms with Crippen molar-refractivity contribution in [3.63, 3.8) is 0 Å². The second-order valence-corrected chi connectivity index (χ2v) is 9.18. The summed E-state index contributed by atoms with van der Waals surface area (Å²) >= 11 is 0. The second kappa shape index (κ2) is 12.9. The van der Waals surface area contributed by atoms with E-state index < -0.39 is 113 Å². The number of ether oxygens (including phenoxy) is 4. The summed E-state index contributed by atoms with van der Waals surface area (Å²) in [6.07, 6.45) is -2.91. The van der Waals surface area contributed by atoms with Crippen LogP contribution in [0.25, 0.3) is 0 Å². The molecule has 0 unspecified atom stereocenters. The number of hydrogen-bond acceptors (Lipinski definition) is 6. The molecule has 17 heteroatoms. The third-order valence-corrected chi connectivity index (χ3v) is 6.43. The van der Waals surface area contributed by atoms with Crippen LogP contribution in [0, 0.1) is 65.1 Å². The average molecular weight is 630 g/mol. The maximum atomic E-state index is 14.2. The Hall–Kier alpha value is -3.70. The molecular formula is C26H20F10N2O5. The van der Waals surface area contributed by atoms with Crippen molar-refractivity contribution in [2.24, 2.45) is 0 Å². The molecule has 234 valence electrons. The number of halogens is 10. The zero-order chi connectivity index (χ0) is 31.7. The fourth-order valence-corrected chi connectivity index (χ4v) is 4.26. The molecule has 43 heavy (non-hydrogen) atoms. The van der Waals surface area contributed by atoms with Crippen LogP contribution >= 0.6 is 0 Å². The quantitative estimate of drug-likeness (QED) is 0.169. The van der Waals surface area contributed by atoms with Crippen molar-refractivity contribution in [1.82, 2.24) is 9.55 Å². The summed E-state index contributed by atoms with van der Waals surface area (Å²) in [5, 5.41) is 0. The maximum Gasteiger partial charge on any atom is 0.352 e. The summed E-state index contributed by atoms with van der Waals surface area (Å²) in [4.78, 5) is 16.4. The van der Waals surface area contributed by atoms with Crippen LogP contribution in [0.2, 0.25) is 0 Å². The standard InChI is InChI=1S/C26H20F10N2O5/c1-3-41-25-9(2)5-38(26(39)37-25)14-4-12(42-7-11-17(29)21(33)24(36)22(34)18(11)30)13(43-14)8-40-6-10-15(27)19(31)23(35)20(32)16(10)28/h5,12-14H,3-4,6-8H2,1-2H3/t12-,13+,14+/m0/s1. The van der Waals surface area contributed by atoms with Crippen molar-refractivity contribution in [3.05, 3.63) is 91.5 Å². The largest absolute Gasteiger partial charge is 0.478 e. The number of hydrogen-bond donors (Lipinski definition) is 0. The normalized spacial score (nSPS) is 18.5. The lowest BCUT2D eigenvalue weighted by atomic mass is 10.1. The molecule has 0 radical (unpaired) electrons. The molecule has 0 spiro atoms. The fraction of sp³-hybridized carbons (Fsp3) is 0.385. The van der Waals surface area contributed by atoms with Crippen molar-refractivity contribution in [1.29, 1.82) is 0 Å². The van der Waals surface area contributed by atoms with Crippen molar-refractivity contribution < 1.29 is 62.9 Å². The van der Waals surface area contributed by atoms with E-state index in [0.29, 0.717) is 5.56 Å². The Labute approximate surface area is 235 Å². The molecule has 0 N–H and O–H groups in total. The van der Waals surface area contributed by atoms with Crippen LogP contribution in [-0.4, -0.2) is 35.0 Å². The van der Waals surface area contributed by atoms with Crippen LogP contribution < -0.4 is 10.4 Å². The van der Waals surface area contributed by atoms with Crippen LogP contribution in [-0.2, 0) is 27.4 Å². The number of aryl methyl sites for hydroxylation is 1. The molecular weight excluding hydrogens is 610 g/mol. The summed E-state index contributed by atoms with van der Waals surface area (Å²) in [5.74, 6) is -22.2. The first kappa shape index (κ1) is 32.2. The third-order valence-electron chi connectivity index (χ3n) is 6.43. The lowest BCUT2D eigenvalue weighted by Gasteiger charge is -2.20. The number of aromatic nitrogens is 2. The zero-order valence-electron chi connectivity index (χ0n) is 22.1. The Morgan fingerprint density at radius 3 is 1.81 bits per heavy atom. The highest BCUT2D eigenvalue weighted by molar-refractivity contribution is 5.25. The molecule has 0 aliphatic carbocycles. The molecule has 1 fully saturated rings. The van der Waals surface area contributed by atoms with E-state index in [1.807, 2.05) is 0 Å². The molecule has 0 bridgehead atoms. The van der Waals surface area contributed by atoms with Crippen LogP contribution in [0.3, 0.4) is 0 Å². The molecule has 3 aromatic rings. The molecule has 0 saturated carbocycles. The molecule has 1 aliphatic heterocycles. The summed E-state index contributed by atoms with van der Waals surface area (Å²) < 4.78 is 160. The van der Waals surface area contributed by atoms with Crippen LogP contribution in [0.15, 0.2) is 11.0 Å². The molecule has 1 aliphatic rings. The van der Waals surface area contributed by atoms with E-state index in [1.54, 1.807) is 13.8 Å². The average Bonchev–Trinajstić information content (AvgIpc) is 3.38. The third kappa shape index (κ3) is 6.19. The first-order chi connectivity index (χ1) is 20.3. The summed E-state index contributed by atoms with van der Waals surface area (Å²) in [5.41, 5.74) is -3.13. The highest BCUT2D eigenvalue weighted by atomic mass is 19.2. The fourth-order valence-electron chi connectivity index (χ4n) is 4.26. The van der Waals surface area contributed by atoms with E-state index in [9.17, 15) is 48.7 Å². The van der Waals surface area contributed by atoms with Gasteiger partial charge in [0, 0.05) is 18.2 Å². The minimum atomic E-state index is -2.39. The zero-order valence-corrected chi connectivity index (χ0v) is 22.1. The first-order valence-corrected chi connectivity index (χ1v) is 12.4. The summed E-state index contributed by atoms with van der Waals surface area (Å²) in [6.45, 7) is 0.324. The topological polar surface area (TPSA) is 71.8 Å². The molecule has 2 heterocycles. The lowest BCUT2D eigenvalue weighted by Crippen LogP contribution is -2.30. The number of rotatable bonds is 10. The van der Waals surface area contributed by atoms with Gasteiger partial charge in [0.05, 0.1) is 43.7 Å². The first-order valence-electron chi connectivity index (χ1n) is 12.4. The van der Waals surface area contributed by atoms with E-state index in [4.69, 9.17) is 18.9 Å². The molecule has 0 amide bonds. The van der Waals surface area contributed by atoms with Gasteiger partial charge in [0.2, 0.25) is 17.5 Å². The van der Waals surface area contributed by atoms with Crippen molar-refractivity contribution in [2.75, 3.05) is 13.2 Å². The van der Waals surface area contributed by atoms with Crippen molar-refractivity contribution in [2.45, 2.75) is 51.9 Å². The van der Waals surface area contributed by atoms with Crippen molar-refractivity contribution in [3.8, 4) is 5.88 Å². The van der Waals surface area contributed by atoms with Gasteiger partial charge in [-0.3, -0.25) is 4.57 Å². The molecule has 7 nitrogen and oxygen atoms in total. The summed E-state index contributed by atoms with van der Waals surface area (Å²) in [6, 6.07) is 0. The van der Waals surface area contributed by atoms with E-state index in [1.165, 1.54) is 6.20 Å². The smallest absolute Gasteiger partial charge is 0.352 e. The van der Waals surface area contributed by atoms with Crippen molar-refractivity contribution >= 4 is 0 Å². The van der Waals surface area contributed by atoms with Gasteiger partial charge in [-0.05, 0) is 13.8 Å². The molecule has 1 saturated heterocycles. The van der Waals surface area contributed by atoms with E-state index in [-0.39, 0.29) is 18.9 Å². The van der Waals surface area contributed by atoms with E-state index in [2.05, 4.69) is 4.98 Å². The van der Waals surface area contributed by atoms with Gasteiger partial charge in [0.15, 0.2) is 46.5 Å². The Balaban J connectivity index is 1.59. The maximum absolute atomic E-state index is 14.2. The van der Waals surface area contributed by atoms with Crippen LogP contribution in [0.5, 0.6) is 5.88 Å². The predicted octanol–water partition coefficient (Wildman–Crippen LogP) is 5.43. The van der Waals surface area contributed by atoms with Gasteiger partial charge in [-0.25, -0.2) is 48.7 Å². The predicted molar refractivity (Wildman–Crippen MR) is 124 cm³/mol. The molecule has 1 aromatic heterocycles. The van der Waals surface area contributed by atoms with E-state index in [0.717, 1.165) is 4.57 Å². The second-order valence-electron chi connectivity index (χ2n) is 9.18. The minimum Gasteiger partial charge on any atom is -0.478 e. The Bertz CT molecular complexity index is 1540. The van der Waals surface area contributed by atoms with Crippen LogP contribution in [0.4, 0.5) is 43.9 Å². The van der Waals surface area contributed by atoms with Gasteiger partial charge in [-0.15, -0.1) is 0 Å². The monoisotopic (exact) mass is 630 g/mol. The van der Waals surface area contributed by atoms with Gasteiger partial charge in [-0.2, -0.15) is 4.98 Å². The van der Waals surface area contributed by atoms with Gasteiger partial charge in [-0.1, -0.05) is 0 Å². The van der Waals surface area contributed by atoms with Crippen LogP contribution in [0.1, 0.15) is 36.3 Å². The Morgan fingerprint density at radius 2 is 1.30 bits per heavy atom. The molecule has 4 rings (SSSR count). The highest BCUT2D eigenvalue weighted by Crippen LogP contribution is 2.33. The highest BCUT2D eigenvalue weighted by Gasteiger charge is 2.39. The lowest BCUT2D eigenvalue weighted by molar-refractivity contribution is -0.0843. The SMILES string of the molecule is CCOc1nc(=O)n([C@H]2C[C@H](OCc3c(F)c(F)c(F)c(F)c3F)[C@@H](COCc3c(F)c(F)c(F)c(F)c3F)O2)cc1C. The van der Waals surface area contributed by atoms with Gasteiger partial charge >= 0.3 is 5.69 Å².